The fourth-order valence-electron chi connectivity index (χ4n) is 6.26. The lowest BCUT2D eigenvalue weighted by molar-refractivity contribution is -0.196. The van der Waals surface area contributed by atoms with Gasteiger partial charge in [-0.2, -0.15) is 0 Å². The quantitative estimate of drug-likeness (QED) is 0.268. The molecule has 0 spiro atoms. The highest BCUT2D eigenvalue weighted by atomic mass is 16.5. The number of benzene rings is 1. The number of methoxy groups -OCH3 is 1. The van der Waals surface area contributed by atoms with Crippen molar-refractivity contribution in [2.75, 3.05) is 21.2 Å². The van der Waals surface area contributed by atoms with Gasteiger partial charge >= 0.3 is 5.97 Å². The number of Topliss-reactive ketones (excluding diaryl/α,β-unsaturated/α-hetero) is 4. The molecule has 1 amide bonds. The molecule has 0 bridgehead atoms. The van der Waals surface area contributed by atoms with Gasteiger partial charge < -0.3 is 25.8 Å². The van der Waals surface area contributed by atoms with Crippen molar-refractivity contribution in [3.63, 3.8) is 0 Å². The molecule has 2 saturated carbocycles. The zero-order valence-electron chi connectivity index (χ0n) is 19.9. The Morgan fingerprint density at radius 3 is 2.25 bits per heavy atom. The molecular formula is C24H26N2O10. The number of nitrogens with zero attached hydrogens (tertiary/aromatic N) is 1. The number of aliphatic hydroxyl groups excluding tert-OH is 1. The molecule has 0 radical (unpaired) electrons. The van der Waals surface area contributed by atoms with Gasteiger partial charge in [0.15, 0.2) is 34.7 Å². The minimum Gasteiger partial charge on any atom is -0.506 e. The summed E-state index contributed by atoms with van der Waals surface area (Å²) in [6, 6.07) is 1.19. The van der Waals surface area contributed by atoms with E-state index >= 15 is 0 Å². The Labute approximate surface area is 205 Å². The van der Waals surface area contributed by atoms with Crippen LogP contribution in [0.15, 0.2) is 12.1 Å². The second kappa shape index (κ2) is 8.29. The van der Waals surface area contributed by atoms with Crippen LogP contribution in [-0.2, 0) is 23.9 Å². The monoisotopic (exact) mass is 502 g/mol. The van der Waals surface area contributed by atoms with Crippen LogP contribution in [0.4, 0.5) is 0 Å². The van der Waals surface area contributed by atoms with E-state index in [-0.39, 0.29) is 16.7 Å². The molecule has 3 aliphatic rings. The normalized spacial score (nSPS) is 35.7. The molecule has 5 unspecified atom stereocenters. The average Bonchev–Trinajstić information content (AvgIpc) is 2.80. The fraction of sp³-hybridized carbons (Fsp3) is 0.500. The van der Waals surface area contributed by atoms with Crippen LogP contribution in [0.3, 0.4) is 0 Å². The van der Waals surface area contributed by atoms with Crippen LogP contribution in [0.25, 0.3) is 0 Å². The Kier molecular flexibility index (Phi) is 5.90. The number of hydrogen-bond donors (Lipinski definition) is 4. The Morgan fingerprint density at radius 2 is 1.72 bits per heavy atom. The molecule has 1 aromatic rings. The van der Waals surface area contributed by atoms with Crippen LogP contribution in [0, 0.1) is 23.7 Å². The van der Waals surface area contributed by atoms with Gasteiger partial charge in [0.1, 0.15) is 11.3 Å². The number of nitrogens with two attached hydrogens (primary N) is 1. The van der Waals surface area contributed by atoms with Crippen LogP contribution in [0.5, 0.6) is 5.75 Å². The minimum absolute atomic E-state index is 0.230. The number of hydrogen-bond acceptors (Lipinski definition) is 11. The van der Waals surface area contributed by atoms with Crippen molar-refractivity contribution in [2.24, 2.45) is 29.4 Å². The third kappa shape index (κ3) is 3.04. The molecule has 12 nitrogen and oxygen atoms in total. The Hall–Kier alpha value is -3.48. The van der Waals surface area contributed by atoms with E-state index in [2.05, 4.69) is 4.74 Å². The van der Waals surface area contributed by atoms with Gasteiger partial charge in [0, 0.05) is 5.92 Å². The van der Waals surface area contributed by atoms with Crippen molar-refractivity contribution >= 4 is 35.0 Å². The summed E-state index contributed by atoms with van der Waals surface area (Å²) in [7, 11) is 3.90. The molecule has 5 N–H and O–H groups in total. The topological polar surface area (TPSA) is 202 Å². The third-order valence-corrected chi connectivity index (χ3v) is 7.89. The predicted octanol–water partition coefficient (Wildman–Crippen LogP) is -1.81. The summed E-state index contributed by atoms with van der Waals surface area (Å²) < 4.78 is 4.61. The van der Waals surface area contributed by atoms with Gasteiger partial charge in [0.2, 0.25) is 5.91 Å². The number of fused-ring (bicyclic) bond motifs is 3. The summed E-state index contributed by atoms with van der Waals surface area (Å²) in [4.78, 5) is 79.2. The summed E-state index contributed by atoms with van der Waals surface area (Å²) in [5.41, 5.74) is 1.71. The minimum atomic E-state index is -3.08. The number of amides is 1. The third-order valence-electron chi connectivity index (χ3n) is 7.89. The van der Waals surface area contributed by atoms with Gasteiger partial charge in [0.25, 0.3) is 0 Å². The molecule has 12 heteroatoms. The van der Waals surface area contributed by atoms with Crippen molar-refractivity contribution in [1.82, 2.24) is 4.90 Å². The number of ether oxygens (including phenoxy) is 1. The summed E-state index contributed by atoms with van der Waals surface area (Å²) >= 11 is 0. The molecule has 192 valence electrons. The van der Waals surface area contributed by atoms with Crippen LogP contribution < -0.4 is 5.73 Å². The zero-order chi connectivity index (χ0) is 27.0. The molecule has 0 saturated heterocycles. The van der Waals surface area contributed by atoms with Gasteiger partial charge in [-0.25, -0.2) is 4.79 Å². The summed E-state index contributed by atoms with van der Waals surface area (Å²) in [6.07, 6.45) is -1.72. The van der Waals surface area contributed by atoms with E-state index in [1.807, 2.05) is 0 Å². The van der Waals surface area contributed by atoms with Gasteiger partial charge in [-0.15, -0.1) is 0 Å². The molecule has 3 aliphatic carbocycles. The van der Waals surface area contributed by atoms with E-state index in [0.717, 1.165) is 7.11 Å². The molecule has 2 fully saturated rings. The first-order valence-corrected chi connectivity index (χ1v) is 11.2. The smallest absolute Gasteiger partial charge is 0.341 e. The fourth-order valence-corrected chi connectivity index (χ4v) is 6.26. The number of phenolic OH excluding ortho intramolecular Hbond substituents is 1. The van der Waals surface area contributed by atoms with E-state index in [0.29, 0.717) is 0 Å². The maximum Gasteiger partial charge on any atom is 0.341 e. The number of primary amides is 1. The summed E-state index contributed by atoms with van der Waals surface area (Å²) in [5, 5.41) is 33.8. The number of aliphatic hydroxyl groups is 2. The summed E-state index contributed by atoms with van der Waals surface area (Å²) in [6.45, 7) is 1.57. The van der Waals surface area contributed by atoms with Gasteiger partial charge in [0.05, 0.1) is 36.7 Å². The lowest BCUT2D eigenvalue weighted by Gasteiger charge is -2.56. The van der Waals surface area contributed by atoms with Crippen molar-refractivity contribution in [3.8, 4) is 5.75 Å². The van der Waals surface area contributed by atoms with E-state index in [4.69, 9.17) is 5.73 Å². The zero-order valence-corrected chi connectivity index (χ0v) is 19.9. The standard InChI is InChI=1S/C24H26N2O10/c1-7-8-5-6-9(23(34)36-4)16(27)11(8)17(28)12-10(7)18(29)14-15(26(2)3)19(30)13(22(25)33)21(32)24(14,35)20(12)31/h5-7,10,12-15,18,27,29,35H,1-4H3,(H2,25,33)/t7-,10?,12?,13?,14?,15-,18-,24?/m0/s1. The van der Waals surface area contributed by atoms with E-state index in [9.17, 15) is 44.1 Å². The van der Waals surface area contributed by atoms with Crippen molar-refractivity contribution in [3.05, 3.63) is 28.8 Å². The number of likely N-dealkylation sites (N-methyl/N-ethyl adjacent to an activating group) is 1. The molecule has 4 rings (SSSR count). The largest absolute Gasteiger partial charge is 0.506 e. The number of carbonyl (C=O) groups is 6. The number of esters is 1. The number of phenols is 1. The first kappa shape index (κ1) is 25.6. The molecule has 8 atom stereocenters. The Balaban J connectivity index is 1.95. The van der Waals surface area contributed by atoms with Gasteiger partial charge in [-0.1, -0.05) is 13.0 Å². The van der Waals surface area contributed by atoms with Crippen molar-refractivity contribution < 1.29 is 48.8 Å². The molecule has 36 heavy (non-hydrogen) atoms. The number of carbonyl (C=O) groups excluding carboxylic acids is 6. The predicted molar refractivity (Wildman–Crippen MR) is 119 cm³/mol. The van der Waals surface area contributed by atoms with Crippen molar-refractivity contribution in [2.45, 2.75) is 30.6 Å². The highest BCUT2D eigenvalue weighted by Gasteiger charge is 2.72. The molecule has 0 aliphatic heterocycles. The lowest BCUT2D eigenvalue weighted by atomic mass is 9.49. The molecule has 0 aromatic heterocycles. The molecule has 1 aromatic carbocycles. The van der Waals surface area contributed by atoms with Crippen LogP contribution in [0.1, 0.15) is 39.1 Å². The van der Waals surface area contributed by atoms with E-state index in [1.165, 1.54) is 31.1 Å². The van der Waals surface area contributed by atoms with Gasteiger partial charge in [-0.05, 0) is 31.6 Å². The average molecular weight is 502 g/mol. The lowest BCUT2D eigenvalue weighted by Crippen LogP contribution is -2.77. The van der Waals surface area contributed by atoms with Crippen LogP contribution in [0.2, 0.25) is 0 Å². The first-order valence-electron chi connectivity index (χ1n) is 11.2. The van der Waals surface area contributed by atoms with E-state index < -0.39 is 88.1 Å². The molecular weight excluding hydrogens is 476 g/mol. The number of ketones is 4. The second-order valence-corrected chi connectivity index (χ2v) is 9.78. The van der Waals surface area contributed by atoms with E-state index in [1.54, 1.807) is 6.92 Å². The van der Waals surface area contributed by atoms with Gasteiger partial charge in [-0.3, -0.25) is 28.9 Å². The highest BCUT2D eigenvalue weighted by molar-refractivity contribution is 6.32. The summed E-state index contributed by atoms with van der Waals surface area (Å²) in [5.74, 6) is -15.5. The Morgan fingerprint density at radius 1 is 1.11 bits per heavy atom. The first-order chi connectivity index (χ1) is 16.7. The van der Waals surface area contributed by atoms with Crippen LogP contribution in [-0.4, -0.2) is 94.2 Å². The SMILES string of the molecule is COC(=O)c1ccc2c(c1O)C(=O)C1C(=O)C3(O)C(=O)C(C(N)=O)C(=O)[C@@H](N(C)C)C3[C@@H](O)C1[C@H]2C. The number of aromatic hydroxyl groups is 1. The number of rotatable bonds is 3. The van der Waals surface area contributed by atoms with Crippen molar-refractivity contribution in [1.29, 1.82) is 0 Å². The maximum absolute atomic E-state index is 13.8. The maximum atomic E-state index is 13.8. The van der Waals surface area contributed by atoms with Crippen LogP contribution >= 0.6 is 0 Å². The molecule has 0 heterocycles. The second-order valence-electron chi connectivity index (χ2n) is 9.78. The highest BCUT2D eigenvalue weighted by Crippen LogP contribution is 2.54. The Bertz CT molecular complexity index is 1240.